The highest BCUT2D eigenvalue weighted by molar-refractivity contribution is 6.06. The molecule has 4 aliphatic rings. The zero-order valence-electron chi connectivity index (χ0n) is 45.6. The average molecular weight is 714 g/mol. The fourth-order valence-corrected chi connectivity index (χ4v) is 9.84. The number of hydrogen-bond acceptors (Lipinski definition) is 1. The summed E-state index contributed by atoms with van der Waals surface area (Å²) in [5.41, 5.74) is 0.982. The van der Waals surface area contributed by atoms with Gasteiger partial charge in [0.05, 0.1) is 34.1 Å². The van der Waals surface area contributed by atoms with Gasteiger partial charge in [0.2, 0.25) is 0 Å². The molecule has 1 heterocycles. The lowest BCUT2D eigenvalue weighted by molar-refractivity contribution is 0.436. The monoisotopic (exact) mass is 713 g/mol. The Labute approximate surface area is 343 Å². The number of hydrogen-bond donors (Lipinski definition) is 0. The molecule has 3 aliphatic carbocycles. The Hall–Kier alpha value is -6.96. The van der Waals surface area contributed by atoms with Gasteiger partial charge in [-0.25, -0.2) is 0 Å². The van der Waals surface area contributed by atoms with Crippen molar-refractivity contribution in [2.45, 2.75) is 10.8 Å². The van der Waals surface area contributed by atoms with Gasteiger partial charge >= 0.3 is 0 Å². The fraction of sp³-hybridized carbons (Fsp3) is 0.0370. The van der Waals surface area contributed by atoms with Crippen molar-refractivity contribution in [1.29, 1.82) is 0 Å². The summed E-state index contributed by atoms with van der Waals surface area (Å²) in [5, 5.41) is -0.467. The molecule has 0 amide bonds. The second-order valence-electron chi connectivity index (χ2n) is 14.2. The Morgan fingerprint density at radius 3 is 1.75 bits per heavy atom. The lowest BCUT2D eigenvalue weighted by atomic mass is 9.65. The van der Waals surface area contributed by atoms with Crippen molar-refractivity contribution in [3.63, 3.8) is 0 Å². The van der Waals surface area contributed by atoms with Crippen LogP contribution in [0, 0.1) is 0 Å². The van der Waals surface area contributed by atoms with Gasteiger partial charge in [-0.2, -0.15) is 0 Å². The van der Waals surface area contributed by atoms with Gasteiger partial charge in [0, 0.05) is 11.1 Å². The maximum atomic E-state index is 10.4. The lowest BCUT2D eigenvalue weighted by Gasteiger charge is -2.39. The van der Waals surface area contributed by atoms with E-state index in [1.165, 1.54) is 0 Å². The lowest BCUT2D eigenvalue weighted by Crippen LogP contribution is -2.32. The molecule has 0 radical (unpaired) electrons. The fourth-order valence-electron chi connectivity index (χ4n) is 9.84. The van der Waals surface area contributed by atoms with Gasteiger partial charge in [-0.15, -0.1) is 0 Å². The molecule has 254 valence electrons. The van der Waals surface area contributed by atoms with Crippen molar-refractivity contribution in [2.75, 3.05) is 0 Å². The maximum Gasteiger partial charge on any atom is 0.132 e. The highest BCUT2D eigenvalue weighted by Crippen LogP contribution is 2.65. The van der Waals surface area contributed by atoms with Crippen LogP contribution in [0.15, 0.2) is 194 Å². The van der Waals surface area contributed by atoms with Gasteiger partial charge in [-0.1, -0.05) is 170 Å². The van der Waals surface area contributed by atoms with Crippen LogP contribution in [-0.2, 0) is 10.8 Å². The summed E-state index contributed by atoms with van der Waals surface area (Å²) >= 11 is 0. The Bertz CT molecular complexity index is 4080. The maximum absolute atomic E-state index is 10.4. The highest BCUT2D eigenvalue weighted by Gasteiger charge is 2.53. The largest absolute Gasteiger partial charge is 0.457 e. The van der Waals surface area contributed by atoms with Gasteiger partial charge in [0.15, 0.2) is 0 Å². The molecule has 1 heteroatoms. The summed E-state index contributed by atoms with van der Waals surface area (Å²) in [6.07, 6.45) is 0. The number of ether oxygens (including phenoxy) is 1. The Kier molecular flexibility index (Phi) is 3.38. The van der Waals surface area contributed by atoms with E-state index in [2.05, 4.69) is 0 Å². The molecule has 1 unspecified atom stereocenters. The van der Waals surface area contributed by atoms with Crippen molar-refractivity contribution in [1.82, 2.24) is 0 Å². The van der Waals surface area contributed by atoms with Crippen LogP contribution in [0.1, 0.15) is 67.8 Å². The van der Waals surface area contributed by atoms with Crippen LogP contribution in [-0.4, -0.2) is 0 Å². The van der Waals surface area contributed by atoms with E-state index < -0.39 is 108 Å². The minimum absolute atomic E-state index is 0.00328. The molecule has 1 nitrogen and oxygen atoms in total. The molecule has 0 N–H and O–H groups in total. The van der Waals surface area contributed by atoms with E-state index in [4.69, 9.17) is 15.7 Å². The highest BCUT2D eigenvalue weighted by atomic mass is 16.5. The molecule has 13 rings (SSSR count). The molecule has 2 spiro atoms. The Morgan fingerprint density at radius 2 is 0.982 bits per heavy atom. The first kappa shape index (κ1) is 17.9. The van der Waals surface area contributed by atoms with Crippen LogP contribution >= 0.6 is 0 Å². The molecule has 0 saturated carbocycles. The van der Waals surface area contributed by atoms with Crippen molar-refractivity contribution in [2.24, 2.45) is 0 Å². The first-order valence-corrected chi connectivity index (χ1v) is 17.9. The number of rotatable bonds is 1. The third-order valence-electron chi connectivity index (χ3n) is 11.9. The van der Waals surface area contributed by atoms with Crippen molar-refractivity contribution in [3.8, 4) is 56.0 Å². The molecular weight excluding hydrogens is 665 g/mol. The molecule has 0 fully saturated rings. The molecule has 55 heavy (non-hydrogen) atoms. The van der Waals surface area contributed by atoms with Crippen molar-refractivity contribution in [3.05, 3.63) is 238 Å². The summed E-state index contributed by atoms with van der Waals surface area (Å²) in [7, 11) is 0. The van der Waals surface area contributed by atoms with E-state index in [1.807, 2.05) is 42.5 Å². The van der Waals surface area contributed by atoms with Crippen LogP contribution in [0.5, 0.6) is 11.5 Å². The van der Waals surface area contributed by atoms with Gasteiger partial charge in [-0.05, 0) is 113 Å². The second kappa shape index (κ2) is 10.4. The van der Waals surface area contributed by atoms with Gasteiger partial charge in [0.1, 0.15) is 11.5 Å². The van der Waals surface area contributed by atoms with Gasteiger partial charge in [-0.3, -0.25) is 0 Å². The first-order valence-electron chi connectivity index (χ1n) is 26.4. The van der Waals surface area contributed by atoms with Crippen molar-refractivity contribution >= 4 is 10.8 Å². The van der Waals surface area contributed by atoms with E-state index in [1.54, 1.807) is 48.5 Å². The number of benzene rings is 9. The molecular formula is C54H32O. The zero-order valence-corrected chi connectivity index (χ0v) is 28.6. The smallest absolute Gasteiger partial charge is 0.132 e. The normalized spacial score (nSPS) is 21.1. The van der Waals surface area contributed by atoms with E-state index in [0.29, 0.717) is 33.4 Å². The van der Waals surface area contributed by atoms with Gasteiger partial charge < -0.3 is 4.74 Å². The zero-order chi connectivity index (χ0) is 50.7. The molecule has 0 aromatic heterocycles. The summed E-state index contributed by atoms with van der Waals surface area (Å²) in [6, 6.07) is 17.9. The quantitative estimate of drug-likeness (QED) is 0.165. The van der Waals surface area contributed by atoms with Crippen molar-refractivity contribution < 1.29 is 28.0 Å². The minimum Gasteiger partial charge on any atom is -0.457 e. The summed E-state index contributed by atoms with van der Waals surface area (Å²) in [5.74, 6) is -0.478. The summed E-state index contributed by atoms with van der Waals surface area (Å²) in [4.78, 5) is 0. The van der Waals surface area contributed by atoms with Crippen LogP contribution in [0.25, 0.3) is 55.3 Å². The van der Waals surface area contributed by atoms with E-state index in [0.717, 1.165) is 11.1 Å². The predicted molar refractivity (Wildman–Crippen MR) is 223 cm³/mol. The number of fused-ring (bicyclic) bond motifs is 21. The van der Waals surface area contributed by atoms with E-state index in [-0.39, 0.29) is 72.8 Å². The molecule has 1 atom stereocenters. The second-order valence-corrected chi connectivity index (χ2v) is 14.2. The van der Waals surface area contributed by atoms with Crippen LogP contribution < -0.4 is 4.74 Å². The summed E-state index contributed by atoms with van der Waals surface area (Å²) < 4.78 is 165. The number of para-hydroxylation sites is 1. The van der Waals surface area contributed by atoms with E-state index in [9.17, 15) is 12.3 Å². The minimum atomic E-state index is -1.86. The SMILES string of the molecule is [2H]c1c([2H])c([2H])c2c(c1[2H])Oc1c([2H])c([2H])c(-c3ccc4c(c3)C3(c5ccccc5-4)c4c([2H])c([2H])c([2H])c([2H])c4-c4c3c([2H])c([2H])c3c([2H])c([2H])c([2H])c([2H])c43)c([2H])c1C21c2ccccc2-c2ccccc21. The Morgan fingerprint density at radius 1 is 0.382 bits per heavy atom. The third kappa shape index (κ3) is 3.46. The standard InChI is InChI=1S/C54H32O/c1-2-14-36-33(13-1)26-29-47-52(36)41-18-6-10-22-45(41)54(47)44-21-9-5-17-39(44)40-28-25-34(31-48(40)54)35-27-30-51-49(32-35)53(46-23-11-12-24-50(46)55-51)42-19-7-3-15-37(42)38-16-4-8-20-43(38)53/h1-32H/i1D,2D,6D,10D,11D,12D,13D,14D,18D,22D,23D,24D,26D,27D,29D,30D,32D. The van der Waals surface area contributed by atoms with E-state index >= 15 is 0 Å². The topological polar surface area (TPSA) is 9.23 Å². The summed E-state index contributed by atoms with van der Waals surface area (Å²) in [6.45, 7) is 0. The molecule has 0 saturated heterocycles. The van der Waals surface area contributed by atoms with Crippen LogP contribution in [0.3, 0.4) is 0 Å². The molecule has 1 aliphatic heterocycles. The third-order valence-corrected chi connectivity index (χ3v) is 11.9. The molecule has 0 bridgehead atoms. The average Bonchev–Trinajstić information content (AvgIpc) is 3.97. The predicted octanol–water partition coefficient (Wildman–Crippen LogP) is 13.3. The Balaban J connectivity index is 1.19. The van der Waals surface area contributed by atoms with Crippen LogP contribution in [0.2, 0.25) is 0 Å². The molecule has 9 aromatic rings. The first-order chi connectivity index (χ1) is 34.4. The van der Waals surface area contributed by atoms with Gasteiger partial charge in [0.25, 0.3) is 0 Å². The van der Waals surface area contributed by atoms with Crippen LogP contribution in [0.4, 0.5) is 0 Å². The molecule has 9 aromatic carbocycles.